The molecule has 0 atom stereocenters. The van der Waals surface area contributed by atoms with Gasteiger partial charge < -0.3 is 15.0 Å². The minimum absolute atomic E-state index is 0.112. The van der Waals surface area contributed by atoms with Crippen molar-refractivity contribution < 1.29 is 14.3 Å². The fraction of sp³-hybridized carbons (Fsp3) is 0.240. The minimum atomic E-state index is -0.300. The van der Waals surface area contributed by atoms with Crippen LogP contribution in [-0.4, -0.2) is 31.2 Å². The highest BCUT2D eigenvalue weighted by Crippen LogP contribution is 2.36. The van der Waals surface area contributed by atoms with E-state index < -0.39 is 0 Å². The number of rotatable bonds is 5. The molecule has 1 aliphatic heterocycles. The van der Waals surface area contributed by atoms with E-state index in [9.17, 15) is 9.59 Å². The maximum Gasteiger partial charge on any atom is 0.244 e. The normalized spacial score (nSPS) is 13.3. The number of carbonyl (C=O) groups excluding carboxylic acids is 2. The minimum Gasteiger partial charge on any atom is -0.495 e. The van der Waals surface area contributed by atoms with Gasteiger partial charge in [-0.15, -0.1) is 11.3 Å². The maximum absolute atomic E-state index is 13.3. The van der Waals surface area contributed by atoms with Crippen molar-refractivity contribution in [1.82, 2.24) is 0 Å². The monoisotopic (exact) mass is 447 g/mol. The number of aryl methyl sites for hydroxylation is 3. The predicted molar refractivity (Wildman–Crippen MR) is 130 cm³/mol. The Bertz CT molecular complexity index is 1220. The summed E-state index contributed by atoms with van der Waals surface area (Å²) in [7, 11) is 1.56. The fourth-order valence-electron chi connectivity index (χ4n) is 3.66. The van der Waals surface area contributed by atoms with E-state index in [2.05, 4.69) is 5.32 Å². The Kier molecular flexibility index (Phi) is 6.10. The first kappa shape index (κ1) is 21.8. The Balaban J connectivity index is 1.67. The van der Waals surface area contributed by atoms with Crippen molar-refractivity contribution in [3.8, 4) is 5.75 Å². The average Bonchev–Trinajstić information content (AvgIpc) is 3.25. The van der Waals surface area contributed by atoms with Crippen LogP contribution in [0.3, 0.4) is 0 Å². The van der Waals surface area contributed by atoms with E-state index in [1.165, 1.54) is 4.90 Å². The topological polar surface area (TPSA) is 71.0 Å². The van der Waals surface area contributed by atoms with Crippen LogP contribution in [0.25, 0.3) is 0 Å². The van der Waals surface area contributed by atoms with E-state index in [0.717, 1.165) is 27.3 Å². The molecule has 4 rings (SSSR count). The van der Waals surface area contributed by atoms with E-state index >= 15 is 0 Å². The fourth-order valence-corrected chi connectivity index (χ4v) is 4.38. The molecule has 0 saturated heterocycles. The molecule has 32 heavy (non-hydrogen) atoms. The van der Waals surface area contributed by atoms with E-state index in [0.29, 0.717) is 22.8 Å². The van der Waals surface area contributed by atoms with Gasteiger partial charge in [-0.2, -0.15) is 0 Å². The standard InChI is InChI=1S/C25H25N3O3S/c1-15-7-8-22(31-4)19(10-15)27-24(29)14-28-21-12-17(3)16(2)11-18(21)26-20(13-25(28)30)23-6-5-9-32-23/h5-12H,13-14H2,1-4H3,(H,27,29). The third-order valence-corrected chi connectivity index (χ3v) is 6.41. The molecule has 2 heterocycles. The largest absolute Gasteiger partial charge is 0.495 e. The van der Waals surface area contributed by atoms with Crippen LogP contribution in [0, 0.1) is 20.8 Å². The number of nitrogens with one attached hydrogen (secondary N) is 1. The van der Waals surface area contributed by atoms with Crippen molar-refractivity contribution in [2.75, 3.05) is 23.9 Å². The summed E-state index contributed by atoms with van der Waals surface area (Å²) in [5.74, 6) is 0.109. The molecular formula is C25H25N3O3S. The van der Waals surface area contributed by atoms with Gasteiger partial charge in [-0.3, -0.25) is 9.59 Å². The summed E-state index contributed by atoms with van der Waals surface area (Å²) in [6.07, 6.45) is 0.133. The lowest BCUT2D eigenvalue weighted by Crippen LogP contribution is -2.38. The maximum atomic E-state index is 13.3. The molecule has 0 saturated carbocycles. The number of hydrogen-bond acceptors (Lipinski definition) is 5. The summed E-state index contributed by atoms with van der Waals surface area (Å²) in [6, 6.07) is 13.4. The van der Waals surface area contributed by atoms with Gasteiger partial charge in [0.05, 0.1) is 36.3 Å². The van der Waals surface area contributed by atoms with Crippen molar-refractivity contribution in [2.45, 2.75) is 27.2 Å². The Hall–Kier alpha value is -3.45. The molecule has 0 unspecified atom stereocenters. The highest BCUT2D eigenvalue weighted by Gasteiger charge is 2.28. The number of carbonyl (C=O) groups is 2. The van der Waals surface area contributed by atoms with Crippen molar-refractivity contribution in [3.63, 3.8) is 0 Å². The number of ether oxygens (including phenoxy) is 1. The van der Waals surface area contributed by atoms with Crippen molar-refractivity contribution in [3.05, 3.63) is 69.4 Å². The van der Waals surface area contributed by atoms with Crippen molar-refractivity contribution >= 4 is 45.9 Å². The summed E-state index contributed by atoms with van der Waals surface area (Å²) in [5.41, 5.74) is 5.77. The first-order valence-corrected chi connectivity index (χ1v) is 11.2. The van der Waals surface area contributed by atoms with Crippen LogP contribution in [0.5, 0.6) is 5.75 Å². The van der Waals surface area contributed by atoms with Crippen LogP contribution in [-0.2, 0) is 9.59 Å². The third-order valence-electron chi connectivity index (χ3n) is 5.49. The number of anilines is 2. The second-order valence-corrected chi connectivity index (χ2v) is 8.82. The Morgan fingerprint density at radius 3 is 2.66 bits per heavy atom. The predicted octanol–water partition coefficient (Wildman–Crippen LogP) is 5.18. The first-order chi connectivity index (χ1) is 15.4. The molecule has 2 amide bonds. The number of hydrogen-bond donors (Lipinski definition) is 1. The molecular weight excluding hydrogens is 422 g/mol. The van der Waals surface area contributed by atoms with E-state index in [4.69, 9.17) is 9.73 Å². The van der Waals surface area contributed by atoms with Gasteiger partial charge in [-0.25, -0.2) is 4.99 Å². The molecule has 3 aromatic rings. The lowest BCUT2D eigenvalue weighted by atomic mass is 10.1. The highest BCUT2D eigenvalue weighted by molar-refractivity contribution is 7.12. The molecule has 1 aromatic heterocycles. The lowest BCUT2D eigenvalue weighted by molar-refractivity contribution is -0.120. The van der Waals surface area contributed by atoms with Gasteiger partial charge in [-0.05, 0) is 73.2 Å². The lowest BCUT2D eigenvalue weighted by Gasteiger charge is -2.23. The van der Waals surface area contributed by atoms with Crippen molar-refractivity contribution in [2.24, 2.45) is 4.99 Å². The number of thiophene rings is 1. The number of aliphatic imine (C=N–C) groups is 1. The summed E-state index contributed by atoms with van der Waals surface area (Å²) >= 11 is 1.55. The van der Waals surface area contributed by atoms with Gasteiger partial charge in [0.15, 0.2) is 0 Å². The zero-order chi connectivity index (χ0) is 22.8. The van der Waals surface area contributed by atoms with Gasteiger partial charge in [0, 0.05) is 4.88 Å². The number of benzene rings is 2. The molecule has 1 N–H and O–H groups in total. The number of amides is 2. The second kappa shape index (κ2) is 8.96. The van der Waals surface area contributed by atoms with Crippen LogP contribution in [0.2, 0.25) is 0 Å². The molecule has 7 heteroatoms. The molecule has 6 nitrogen and oxygen atoms in total. The van der Waals surface area contributed by atoms with Gasteiger partial charge >= 0.3 is 0 Å². The van der Waals surface area contributed by atoms with Crippen LogP contribution < -0.4 is 15.0 Å². The van der Waals surface area contributed by atoms with Crippen LogP contribution >= 0.6 is 11.3 Å². The van der Waals surface area contributed by atoms with Gasteiger partial charge in [-0.1, -0.05) is 12.1 Å². The first-order valence-electron chi connectivity index (χ1n) is 10.3. The van der Waals surface area contributed by atoms with Crippen molar-refractivity contribution in [1.29, 1.82) is 0 Å². The summed E-state index contributed by atoms with van der Waals surface area (Å²) in [6.45, 7) is 5.84. The van der Waals surface area contributed by atoms with Crippen LogP contribution in [0.15, 0.2) is 52.8 Å². The number of nitrogens with zero attached hydrogens (tertiary/aromatic N) is 2. The number of fused-ring (bicyclic) bond motifs is 1. The molecule has 164 valence electrons. The smallest absolute Gasteiger partial charge is 0.244 e. The molecule has 0 aliphatic carbocycles. The number of methoxy groups -OCH3 is 1. The molecule has 0 fully saturated rings. The summed E-state index contributed by atoms with van der Waals surface area (Å²) in [5, 5.41) is 4.86. The van der Waals surface area contributed by atoms with Gasteiger partial charge in [0.2, 0.25) is 11.8 Å². The van der Waals surface area contributed by atoms with E-state index in [1.54, 1.807) is 18.4 Å². The quantitative estimate of drug-likeness (QED) is 0.586. The van der Waals surface area contributed by atoms with Crippen LogP contribution in [0.1, 0.15) is 28.0 Å². The highest BCUT2D eigenvalue weighted by atomic mass is 32.1. The molecule has 0 bridgehead atoms. The zero-order valence-corrected chi connectivity index (χ0v) is 19.4. The SMILES string of the molecule is COc1ccc(C)cc1NC(=O)CN1C(=O)CC(c2cccs2)=Nc2cc(C)c(C)cc21. The molecule has 0 spiro atoms. The van der Waals surface area contributed by atoms with Gasteiger partial charge in [0.1, 0.15) is 12.3 Å². The third kappa shape index (κ3) is 4.43. The van der Waals surface area contributed by atoms with E-state index in [1.807, 2.05) is 68.6 Å². The summed E-state index contributed by atoms with van der Waals surface area (Å²) < 4.78 is 5.36. The average molecular weight is 448 g/mol. The Morgan fingerprint density at radius 2 is 1.94 bits per heavy atom. The van der Waals surface area contributed by atoms with Crippen LogP contribution in [0.4, 0.5) is 17.1 Å². The van der Waals surface area contributed by atoms with Gasteiger partial charge in [0.25, 0.3) is 0 Å². The Labute approximate surface area is 191 Å². The molecule has 0 radical (unpaired) electrons. The summed E-state index contributed by atoms with van der Waals surface area (Å²) in [4.78, 5) is 33.6. The van der Waals surface area contributed by atoms with E-state index in [-0.39, 0.29) is 24.8 Å². The Morgan fingerprint density at radius 1 is 1.16 bits per heavy atom. The molecule has 1 aliphatic rings. The second-order valence-electron chi connectivity index (χ2n) is 7.87. The zero-order valence-electron chi connectivity index (χ0n) is 18.6. The molecule has 2 aromatic carbocycles.